The van der Waals surface area contributed by atoms with Crippen LogP contribution in [0.4, 0.5) is 0 Å². The first kappa shape index (κ1) is 18.2. The van der Waals surface area contributed by atoms with Crippen LogP contribution in [0.25, 0.3) is 22.3 Å². The molecule has 0 N–H and O–H groups in total. The molecule has 7 rings (SSSR count). The summed E-state index contributed by atoms with van der Waals surface area (Å²) in [5.74, 6) is 0. The first-order valence-electron chi connectivity index (χ1n) is 11.7. The monoisotopic (exact) mass is 410 g/mol. The molecule has 0 heterocycles. The van der Waals surface area contributed by atoms with Crippen molar-refractivity contribution >= 4 is 11.1 Å². The van der Waals surface area contributed by atoms with E-state index in [4.69, 9.17) is 0 Å². The van der Waals surface area contributed by atoms with Crippen molar-refractivity contribution < 1.29 is 0 Å². The third-order valence-electron chi connectivity index (χ3n) is 7.90. The van der Waals surface area contributed by atoms with E-state index in [9.17, 15) is 0 Å². The van der Waals surface area contributed by atoms with Crippen molar-refractivity contribution in [3.05, 3.63) is 130 Å². The van der Waals surface area contributed by atoms with E-state index in [1.807, 2.05) is 0 Å². The van der Waals surface area contributed by atoms with Gasteiger partial charge in [-0.3, -0.25) is 0 Å². The van der Waals surface area contributed by atoms with E-state index in [1.54, 1.807) is 0 Å². The Bertz CT molecular complexity index is 1430. The molecular formula is C32H26. The van der Waals surface area contributed by atoms with Gasteiger partial charge in [0.05, 0.1) is 5.41 Å². The molecule has 0 fully saturated rings. The van der Waals surface area contributed by atoms with E-state index >= 15 is 0 Å². The van der Waals surface area contributed by atoms with Crippen molar-refractivity contribution in [2.24, 2.45) is 0 Å². The summed E-state index contributed by atoms with van der Waals surface area (Å²) in [6.07, 6.45) is 1.03. The van der Waals surface area contributed by atoms with Crippen LogP contribution >= 0.6 is 0 Å². The van der Waals surface area contributed by atoms with Gasteiger partial charge in [0.1, 0.15) is 0 Å². The van der Waals surface area contributed by atoms with Gasteiger partial charge in [0.2, 0.25) is 0 Å². The maximum atomic E-state index is 2.52. The van der Waals surface area contributed by atoms with Crippen molar-refractivity contribution in [2.75, 3.05) is 0 Å². The van der Waals surface area contributed by atoms with E-state index in [0.29, 0.717) is 0 Å². The summed E-state index contributed by atoms with van der Waals surface area (Å²) < 4.78 is 0. The molecule has 0 radical (unpaired) electrons. The predicted octanol–water partition coefficient (Wildman–Crippen LogP) is 7.78. The Labute approximate surface area is 190 Å². The van der Waals surface area contributed by atoms with E-state index in [2.05, 4.69) is 112 Å². The Hall–Kier alpha value is -3.38. The summed E-state index contributed by atoms with van der Waals surface area (Å²) in [6, 6.07) is 34.6. The van der Waals surface area contributed by atoms with Gasteiger partial charge in [0.15, 0.2) is 0 Å². The second-order valence-corrected chi connectivity index (χ2v) is 10.5. The molecule has 32 heavy (non-hydrogen) atoms. The summed E-state index contributed by atoms with van der Waals surface area (Å²) in [6.45, 7) is 6.97. The van der Waals surface area contributed by atoms with Crippen LogP contribution in [-0.2, 0) is 17.3 Å². The smallest absolute Gasteiger partial charge is 0.0619 e. The Balaban J connectivity index is 1.67. The highest BCUT2D eigenvalue weighted by atomic mass is 14.6. The molecule has 0 saturated heterocycles. The zero-order valence-corrected chi connectivity index (χ0v) is 18.9. The highest BCUT2D eigenvalue weighted by Gasteiger charge is 2.55. The molecule has 0 heteroatoms. The fourth-order valence-electron chi connectivity index (χ4n) is 6.53. The molecule has 0 bridgehead atoms. The van der Waals surface area contributed by atoms with Crippen LogP contribution in [0.1, 0.15) is 59.7 Å². The molecule has 0 aromatic heterocycles. The van der Waals surface area contributed by atoms with Crippen LogP contribution in [0.3, 0.4) is 0 Å². The van der Waals surface area contributed by atoms with Gasteiger partial charge in [-0.25, -0.2) is 0 Å². The highest BCUT2D eigenvalue weighted by molar-refractivity contribution is 6.12. The Morgan fingerprint density at radius 3 is 1.84 bits per heavy atom. The van der Waals surface area contributed by atoms with Gasteiger partial charge in [0.25, 0.3) is 0 Å². The number of fused-ring (bicyclic) bond motifs is 11. The molecular weight excluding hydrogens is 384 g/mol. The molecule has 0 aliphatic heterocycles. The van der Waals surface area contributed by atoms with Crippen LogP contribution < -0.4 is 0 Å². The van der Waals surface area contributed by atoms with E-state index in [1.165, 1.54) is 61.2 Å². The van der Waals surface area contributed by atoms with Crippen LogP contribution in [0.2, 0.25) is 0 Å². The molecule has 3 aliphatic carbocycles. The van der Waals surface area contributed by atoms with Crippen LogP contribution in [-0.4, -0.2) is 0 Å². The molecule has 0 amide bonds. The highest BCUT2D eigenvalue weighted by Crippen LogP contribution is 2.66. The van der Waals surface area contributed by atoms with Gasteiger partial charge in [-0.1, -0.05) is 112 Å². The molecule has 0 nitrogen and oxygen atoms in total. The lowest BCUT2D eigenvalue weighted by molar-refractivity contribution is 0.588. The van der Waals surface area contributed by atoms with Gasteiger partial charge in [-0.15, -0.1) is 0 Å². The molecule has 0 unspecified atom stereocenters. The van der Waals surface area contributed by atoms with Gasteiger partial charge < -0.3 is 0 Å². The Morgan fingerprint density at radius 1 is 0.594 bits per heavy atom. The number of rotatable bonds is 0. The maximum Gasteiger partial charge on any atom is 0.0728 e. The summed E-state index contributed by atoms with van der Waals surface area (Å²) in [5, 5.41) is 0. The first-order chi connectivity index (χ1) is 15.5. The minimum atomic E-state index is -0.230. The lowest BCUT2D eigenvalue weighted by Gasteiger charge is -2.34. The number of allylic oxidation sites excluding steroid dienone is 2. The molecule has 4 aromatic carbocycles. The molecule has 0 atom stereocenters. The fraction of sp³-hybridized carbons (Fsp3) is 0.188. The molecule has 154 valence electrons. The summed E-state index contributed by atoms with van der Waals surface area (Å²) >= 11 is 0. The first-order valence-corrected chi connectivity index (χ1v) is 11.7. The van der Waals surface area contributed by atoms with Crippen LogP contribution in [0.15, 0.2) is 91.0 Å². The molecule has 4 aromatic rings. The van der Waals surface area contributed by atoms with E-state index < -0.39 is 0 Å². The number of hydrogen-bond acceptors (Lipinski definition) is 0. The fourth-order valence-corrected chi connectivity index (χ4v) is 6.53. The van der Waals surface area contributed by atoms with Crippen molar-refractivity contribution in [3.63, 3.8) is 0 Å². The second-order valence-electron chi connectivity index (χ2n) is 10.5. The average molecular weight is 411 g/mol. The topological polar surface area (TPSA) is 0 Å². The Morgan fingerprint density at radius 2 is 1.19 bits per heavy atom. The summed E-state index contributed by atoms with van der Waals surface area (Å²) in [5.41, 5.74) is 15.8. The summed E-state index contributed by atoms with van der Waals surface area (Å²) in [7, 11) is 0. The maximum absolute atomic E-state index is 2.52. The van der Waals surface area contributed by atoms with Crippen molar-refractivity contribution in [2.45, 2.75) is 38.0 Å². The largest absolute Gasteiger partial charge is 0.0728 e. The number of hydrogen-bond donors (Lipinski definition) is 0. The minimum absolute atomic E-state index is 0.110. The lowest BCUT2D eigenvalue weighted by Crippen LogP contribution is -2.27. The minimum Gasteiger partial charge on any atom is -0.0619 e. The molecule has 0 saturated carbocycles. The van der Waals surface area contributed by atoms with E-state index in [-0.39, 0.29) is 10.8 Å². The normalized spacial score (nSPS) is 16.6. The van der Waals surface area contributed by atoms with Crippen molar-refractivity contribution in [3.8, 4) is 11.1 Å². The SMILES string of the molecule is CC(C)(C)c1ccc2c(c1)C1(C3=C2Cc2ccccc23)c2ccccc2-c2ccccc21. The second kappa shape index (κ2) is 5.90. The zero-order valence-electron chi connectivity index (χ0n) is 18.9. The average Bonchev–Trinajstić information content (AvgIpc) is 3.41. The molecule has 3 aliphatic rings. The van der Waals surface area contributed by atoms with Gasteiger partial charge >= 0.3 is 0 Å². The predicted molar refractivity (Wildman–Crippen MR) is 134 cm³/mol. The van der Waals surface area contributed by atoms with Crippen molar-refractivity contribution in [1.29, 1.82) is 0 Å². The van der Waals surface area contributed by atoms with Crippen molar-refractivity contribution in [1.82, 2.24) is 0 Å². The van der Waals surface area contributed by atoms with Crippen LogP contribution in [0.5, 0.6) is 0 Å². The number of benzene rings is 4. The van der Waals surface area contributed by atoms with Gasteiger partial charge in [-0.2, -0.15) is 0 Å². The zero-order chi connectivity index (χ0) is 21.7. The quantitative estimate of drug-likeness (QED) is 0.278. The molecule has 1 spiro atoms. The Kier molecular flexibility index (Phi) is 3.36. The lowest BCUT2D eigenvalue weighted by atomic mass is 9.67. The van der Waals surface area contributed by atoms with Gasteiger partial charge in [0, 0.05) is 0 Å². The van der Waals surface area contributed by atoms with Crippen LogP contribution in [0, 0.1) is 0 Å². The van der Waals surface area contributed by atoms with E-state index in [0.717, 1.165) is 6.42 Å². The van der Waals surface area contributed by atoms with Gasteiger partial charge in [-0.05, 0) is 73.1 Å². The standard InChI is InChI=1S/C32H26/c1-31(2,3)21-16-17-25-26-18-20-10-4-5-11-22(20)30(26)32(29(25)19-21)27-14-8-6-12-23(27)24-13-7-9-15-28(24)32/h4-17,19H,18H2,1-3H3. The summed E-state index contributed by atoms with van der Waals surface area (Å²) in [4.78, 5) is 0. The third-order valence-corrected chi connectivity index (χ3v) is 7.90. The third kappa shape index (κ3) is 2.04.